The number of esters is 1. The molecule has 0 N–H and O–H groups in total. The Labute approximate surface area is 149 Å². The van der Waals surface area contributed by atoms with E-state index < -0.39 is 0 Å². The first kappa shape index (κ1) is 16.6. The highest BCUT2D eigenvalue weighted by Gasteiger charge is 2.55. The molecule has 0 heterocycles. The van der Waals surface area contributed by atoms with Gasteiger partial charge in [-0.2, -0.15) is 0 Å². The molecule has 1 aromatic rings. The number of carbonyl (C=O) groups is 1. The molecule has 25 heavy (non-hydrogen) atoms. The number of nitrogens with zero attached hydrogens (tertiary/aromatic N) is 1. The number of hydrogen-bond acceptors (Lipinski definition) is 4. The van der Waals surface area contributed by atoms with Crippen molar-refractivity contribution >= 4 is 11.7 Å². The smallest absolute Gasteiger partial charge is 0.356 e. The standard InChI is InChI=1S/C21H27NO3/c1-2-24-20(23)19(22-25-14-15-6-4-3-5-7-15)21-11-16-8-17(12-21)10-18(9-16)13-21/h3-7,16-18H,2,8-14H2,1H3/b22-19-. The molecule has 0 unspecified atom stereocenters. The first-order valence-corrected chi connectivity index (χ1v) is 9.60. The maximum absolute atomic E-state index is 12.7. The van der Waals surface area contributed by atoms with Crippen molar-refractivity contribution in [2.75, 3.05) is 6.61 Å². The van der Waals surface area contributed by atoms with Crippen LogP contribution in [-0.2, 0) is 21.0 Å². The molecule has 1 aromatic carbocycles. The Morgan fingerprint density at radius 3 is 2.24 bits per heavy atom. The van der Waals surface area contributed by atoms with Gasteiger partial charge < -0.3 is 9.57 Å². The summed E-state index contributed by atoms with van der Waals surface area (Å²) in [6, 6.07) is 9.95. The highest BCUT2D eigenvalue weighted by molar-refractivity contribution is 6.38. The van der Waals surface area contributed by atoms with Gasteiger partial charge in [-0.25, -0.2) is 4.79 Å². The third-order valence-corrected chi connectivity index (χ3v) is 6.24. The van der Waals surface area contributed by atoms with Gasteiger partial charge in [-0.3, -0.25) is 0 Å². The normalized spacial score (nSPS) is 33.3. The van der Waals surface area contributed by atoms with Crippen LogP contribution in [0.5, 0.6) is 0 Å². The van der Waals surface area contributed by atoms with Crippen molar-refractivity contribution in [1.82, 2.24) is 0 Å². The average Bonchev–Trinajstić information content (AvgIpc) is 2.58. The highest BCUT2D eigenvalue weighted by Crippen LogP contribution is 2.60. The fraction of sp³-hybridized carbons (Fsp3) is 0.619. The summed E-state index contributed by atoms with van der Waals surface area (Å²) in [5.41, 5.74) is 1.49. The van der Waals surface area contributed by atoms with Crippen LogP contribution in [0.4, 0.5) is 0 Å². The third-order valence-electron chi connectivity index (χ3n) is 6.24. The van der Waals surface area contributed by atoms with Gasteiger partial charge in [-0.15, -0.1) is 0 Å². The van der Waals surface area contributed by atoms with Gasteiger partial charge in [-0.05, 0) is 68.8 Å². The lowest BCUT2D eigenvalue weighted by atomic mass is 9.48. The summed E-state index contributed by atoms with van der Waals surface area (Å²) in [5.74, 6) is 1.97. The Morgan fingerprint density at radius 2 is 1.68 bits per heavy atom. The van der Waals surface area contributed by atoms with Crippen molar-refractivity contribution in [3.63, 3.8) is 0 Å². The van der Waals surface area contributed by atoms with E-state index in [9.17, 15) is 4.79 Å². The van der Waals surface area contributed by atoms with Gasteiger partial charge in [0, 0.05) is 5.41 Å². The molecule has 4 fully saturated rings. The molecular weight excluding hydrogens is 314 g/mol. The number of ether oxygens (including phenoxy) is 1. The van der Waals surface area contributed by atoms with Crippen LogP contribution < -0.4 is 0 Å². The second-order valence-electron chi connectivity index (χ2n) is 8.12. The second kappa shape index (κ2) is 6.81. The van der Waals surface area contributed by atoms with Crippen molar-refractivity contribution in [2.45, 2.75) is 52.1 Å². The lowest BCUT2D eigenvalue weighted by Crippen LogP contribution is -2.52. The van der Waals surface area contributed by atoms with E-state index in [1.807, 2.05) is 37.3 Å². The van der Waals surface area contributed by atoms with Crippen LogP contribution in [0.25, 0.3) is 0 Å². The summed E-state index contributed by atoms with van der Waals surface area (Å²) in [6.45, 7) is 2.61. The van der Waals surface area contributed by atoms with Gasteiger partial charge in [0.25, 0.3) is 0 Å². The Balaban J connectivity index is 1.56. The van der Waals surface area contributed by atoms with Gasteiger partial charge in [0.15, 0.2) is 5.71 Å². The highest BCUT2D eigenvalue weighted by atomic mass is 16.6. The Hall–Kier alpha value is -1.84. The van der Waals surface area contributed by atoms with E-state index in [-0.39, 0.29) is 11.4 Å². The SMILES string of the molecule is CCOC(=O)/C(=N/OCc1ccccc1)C12CC3CC(CC(C3)C1)C2. The first-order valence-electron chi connectivity index (χ1n) is 9.60. The molecule has 0 atom stereocenters. The van der Waals surface area contributed by atoms with Crippen LogP contribution in [0, 0.1) is 23.2 Å². The Kier molecular flexibility index (Phi) is 4.53. The van der Waals surface area contributed by atoms with Crippen LogP contribution >= 0.6 is 0 Å². The van der Waals surface area contributed by atoms with Crippen LogP contribution in [-0.4, -0.2) is 18.3 Å². The van der Waals surface area contributed by atoms with Crippen molar-refractivity contribution in [3.8, 4) is 0 Å². The maximum atomic E-state index is 12.7. The first-order chi connectivity index (χ1) is 12.2. The fourth-order valence-corrected chi connectivity index (χ4v) is 5.70. The molecule has 4 aliphatic rings. The summed E-state index contributed by atoms with van der Waals surface area (Å²) in [5, 5.41) is 4.37. The number of carbonyl (C=O) groups excluding carboxylic acids is 1. The van der Waals surface area contributed by atoms with Gasteiger partial charge >= 0.3 is 5.97 Å². The predicted molar refractivity (Wildman–Crippen MR) is 95.9 cm³/mol. The van der Waals surface area contributed by atoms with Gasteiger partial charge in [0.2, 0.25) is 0 Å². The summed E-state index contributed by atoms with van der Waals surface area (Å²) in [6.07, 6.45) is 7.22. The van der Waals surface area contributed by atoms with Gasteiger partial charge in [0.1, 0.15) is 6.61 Å². The minimum atomic E-state index is -0.280. The molecule has 5 rings (SSSR count). The fourth-order valence-electron chi connectivity index (χ4n) is 5.70. The zero-order valence-electron chi connectivity index (χ0n) is 14.9. The maximum Gasteiger partial charge on any atom is 0.356 e. The summed E-state index contributed by atoms with van der Waals surface area (Å²) in [4.78, 5) is 18.3. The average molecular weight is 341 g/mol. The second-order valence-corrected chi connectivity index (χ2v) is 8.12. The lowest BCUT2D eigenvalue weighted by molar-refractivity contribution is -0.137. The molecule has 0 saturated heterocycles. The summed E-state index contributed by atoms with van der Waals surface area (Å²) in [7, 11) is 0. The molecule has 4 saturated carbocycles. The van der Waals surface area contributed by atoms with Crippen molar-refractivity contribution in [2.24, 2.45) is 28.3 Å². The largest absolute Gasteiger partial charge is 0.461 e. The lowest BCUT2D eigenvalue weighted by Gasteiger charge is -2.56. The van der Waals surface area contributed by atoms with Crippen molar-refractivity contribution < 1.29 is 14.4 Å². The predicted octanol–water partition coefficient (Wildman–Crippen LogP) is 4.34. The topological polar surface area (TPSA) is 47.9 Å². The third kappa shape index (κ3) is 3.31. The number of benzene rings is 1. The molecule has 4 nitrogen and oxygen atoms in total. The summed E-state index contributed by atoms with van der Waals surface area (Å²) < 4.78 is 5.35. The molecule has 134 valence electrons. The number of hydrogen-bond donors (Lipinski definition) is 0. The molecule has 0 radical (unpaired) electrons. The van der Waals surface area contributed by atoms with E-state index >= 15 is 0 Å². The Bertz CT molecular complexity index is 617. The zero-order valence-corrected chi connectivity index (χ0v) is 14.9. The van der Waals surface area contributed by atoms with Crippen LogP contribution in [0.3, 0.4) is 0 Å². The minimum absolute atomic E-state index is 0.113. The van der Waals surface area contributed by atoms with E-state index in [0.29, 0.717) is 18.9 Å². The molecule has 0 spiro atoms. The quantitative estimate of drug-likeness (QED) is 0.439. The molecule has 4 bridgehead atoms. The molecule has 4 aliphatic carbocycles. The minimum Gasteiger partial charge on any atom is -0.461 e. The van der Waals surface area contributed by atoms with E-state index in [2.05, 4.69) is 5.16 Å². The molecule has 0 aliphatic heterocycles. The zero-order chi connectivity index (χ0) is 17.3. The van der Waals surface area contributed by atoms with E-state index in [1.165, 1.54) is 19.3 Å². The molecule has 0 amide bonds. The number of rotatable bonds is 6. The van der Waals surface area contributed by atoms with E-state index in [0.717, 1.165) is 42.6 Å². The monoisotopic (exact) mass is 341 g/mol. The molecule has 0 aromatic heterocycles. The van der Waals surface area contributed by atoms with Crippen LogP contribution in [0.1, 0.15) is 51.0 Å². The van der Waals surface area contributed by atoms with Gasteiger partial charge in [0.05, 0.1) is 6.61 Å². The summed E-state index contributed by atoms with van der Waals surface area (Å²) >= 11 is 0. The van der Waals surface area contributed by atoms with Gasteiger partial charge in [-0.1, -0.05) is 35.5 Å². The van der Waals surface area contributed by atoms with Crippen LogP contribution in [0.15, 0.2) is 35.5 Å². The van der Waals surface area contributed by atoms with E-state index in [4.69, 9.17) is 9.57 Å². The van der Waals surface area contributed by atoms with Crippen molar-refractivity contribution in [3.05, 3.63) is 35.9 Å². The van der Waals surface area contributed by atoms with Crippen LogP contribution in [0.2, 0.25) is 0 Å². The molecule has 4 heteroatoms. The van der Waals surface area contributed by atoms with Crippen molar-refractivity contribution in [1.29, 1.82) is 0 Å². The Morgan fingerprint density at radius 1 is 1.08 bits per heavy atom. The number of oxime groups is 1. The molecular formula is C21H27NO3. The van der Waals surface area contributed by atoms with E-state index in [1.54, 1.807) is 0 Å².